The van der Waals surface area contributed by atoms with Gasteiger partial charge in [0.15, 0.2) is 0 Å². The molecule has 0 aliphatic heterocycles. The lowest BCUT2D eigenvalue weighted by Crippen LogP contribution is -2.13. The molecule has 2 nitrogen and oxygen atoms in total. The van der Waals surface area contributed by atoms with Gasteiger partial charge in [-0.15, -0.1) is 12.4 Å². The first-order valence-electron chi connectivity index (χ1n) is 3.97. The summed E-state index contributed by atoms with van der Waals surface area (Å²) in [6.07, 6.45) is 0.368. The van der Waals surface area contributed by atoms with E-state index in [1.165, 1.54) is 0 Å². The van der Waals surface area contributed by atoms with Crippen LogP contribution in [-0.2, 0) is 0 Å². The number of aliphatic hydroxyl groups excluding tert-OH is 1. The number of rotatable bonds is 3. The lowest BCUT2D eigenvalue weighted by molar-refractivity contribution is 0.275. The van der Waals surface area contributed by atoms with Gasteiger partial charge in [0.25, 0.3) is 0 Å². The van der Waals surface area contributed by atoms with Crippen molar-refractivity contribution in [2.75, 3.05) is 6.61 Å². The van der Waals surface area contributed by atoms with Gasteiger partial charge in [0.1, 0.15) is 5.82 Å². The molecule has 0 aliphatic carbocycles. The predicted molar refractivity (Wildman–Crippen MR) is 60.0 cm³/mol. The van der Waals surface area contributed by atoms with Crippen molar-refractivity contribution < 1.29 is 9.50 Å². The third-order valence-corrected chi connectivity index (χ3v) is 2.43. The van der Waals surface area contributed by atoms with Crippen molar-refractivity contribution >= 4 is 28.3 Å². The van der Waals surface area contributed by atoms with Gasteiger partial charge in [-0.05, 0) is 28.4 Å². The van der Waals surface area contributed by atoms with Crippen LogP contribution in [0, 0.1) is 5.82 Å². The SMILES string of the molecule is Cl.NC(CCO)c1cccc(Br)c1F. The maximum Gasteiger partial charge on any atom is 0.142 e. The van der Waals surface area contributed by atoms with E-state index in [4.69, 9.17) is 10.8 Å². The van der Waals surface area contributed by atoms with E-state index in [9.17, 15) is 4.39 Å². The molecule has 14 heavy (non-hydrogen) atoms. The van der Waals surface area contributed by atoms with Gasteiger partial charge in [-0.2, -0.15) is 0 Å². The molecule has 0 amide bonds. The second-order valence-electron chi connectivity index (χ2n) is 2.76. The molecule has 0 saturated carbocycles. The fourth-order valence-corrected chi connectivity index (χ4v) is 1.48. The molecule has 0 spiro atoms. The molecule has 1 unspecified atom stereocenters. The van der Waals surface area contributed by atoms with E-state index in [2.05, 4.69) is 15.9 Å². The van der Waals surface area contributed by atoms with Crippen LogP contribution in [0.25, 0.3) is 0 Å². The largest absolute Gasteiger partial charge is 0.396 e. The zero-order valence-corrected chi connectivity index (χ0v) is 9.81. The highest BCUT2D eigenvalue weighted by molar-refractivity contribution is 9.10. The zero-order valence-electron chi connectivity index (χ0n) is 7.41. The number of halogens is 3. The molecule has 3 N–H and O–H groups in total. The lowest BCUT2D eigenvalue weighted by Gasteiger charge is -2.11. The monoisotopic (exact) mass is 283 g/mol. The van der Waals surface area contributed by atoms with E-state index in [0.29, 0.717) is 16.5 Å². The van der Waals surface area contributed by atoms with Gasteiger partial charge >= 0.3 is 0 Å². The Bertz CT molecular complexity index is 298. The van der Waals surface area contributed by atoms with Crippen LogP contribution in [0.4, 0.5) is 4.39 Å². The first-order chi connectivity index (χ1) is 6.16. The van der Waals surface area contributed by atoms with Gasteiger partial charge in [-0.25, -0.2) is 4.39 Å². The van der Waals surface area contributed by atoms with E-state index < -0.39 is 6.04 Å². The predicted octanol–water partition coefficient (Wildman–Crippen LogP) is 2.39. The molecule has 0 heterocycles. The van der Waals surface area contributed by atoms with Crippen molar-refractivity contribution in [1.82, 2.24) is 0 Å². The maximum absolute atomic E-state index is 13.4. The van der Waals surface area contributed by atoms with E-state index in [-0.39, 0.29) is 24.8 Å². The first-order valence-corrected chi connectivity index (χ1v) is 4.76. The number of aliphatic hydroxyl groups is 1. The van der Waals surface area contributed by atoms with Crippen LogP contribution in [0.15, 0.2) is 22.7 Å². The van der Waals surface area contributed by atoms with Crippen molar-refractivity contribution in [3.63, 3.8) is 0 Å². The first kappa shape index (κ1) is 13.8. The summed E-state index contributed by atoms with van der Waals surface area (Å²) >= 11 is 3.07. The molecule has 1 rings (SSSR count). The second kappa shape index (κ2) is 6.35. The fourth-order valence-electron chi connectivity index (χ4n) is 1.10. The van der Waals surface area contributed by atoms with Gasteiger partial charge in [0, 0.05) is 18.2 Å². The van der Waals surface area contributed by atoms with Crippen molar-refractivity contribution in [3.8, 4) is 0 Å². The zero-order chi connectivity index (χ0) is 9.84. The van der Waals surface area contributed by atoms with E-state index in [0.717, 1.165) is 0 Å². The van der Waals surface area contributed by atoms with Gasteiger partial charge in [0.05, 0.1) is 4.47 Å². The summed E-state index contributed by atoms with van der Waals surface area (Å²) < 4.78 is 13.8. The molecule has 0 saturated heterocycles. The lowest BCUT2D eigenvalue weighted by atomic mass is 10.0. The van der Waals surface area contributed by atoms with Crippen LogP contribution in [0.2, 0.25) is 0 Å². The minimum Gasteiger partial charge on any atom is -0.396 e. The Balaban J connectivity index is 0.00000169. The minimum atomic E-state index is -0.442. The molecule has 0 fully saturated rings. The van der Waals surface area contributed by atoms with Gasteiger partial charge in [-0.1, -0.05) is 12.1 Å². The number of benzene rings is 1. The summed E-state index contributed by atoms with van der Waals surface area (Å²) in [5.41, 5.74) is 6.09. The van der Waals surface area contributed by atoms with Crippen LogP contribution in [-0.4, -0.2) is 11.7 Å². The van der Waals surface area contributed by atoms with Crippen LogP contribution in [0.3, 0.4) is 0 Å². The molecule has 0 bridgehead atoms. The Morgan fingerprint density at radius 1 is 1.50 bits per heavy atom. The van der Waals surface area contributed by atoms with Gasteiger partial charge in [0.2, 0.25) is 0 Å². The fraction of sp³-hybridized carbons (Fsp3) is 0.333. The van der Waals surface area contributed by atoms with Crippen molar-refractivity contribution in [3.05, 3.63) is 34.1 Å². The molecule has 1 atom stereocenters. The van der Waals surface area contributed by atoms with Crippen LogP contribution in [0.5, 0.6) is 0 Å². The molecular weight excluding hydrogens is 272 g/mol. The molecule has 0 aromatic heterocycles. The Hall–Kier alpha value is -0.160. The van der Waals surface area contributed by atoms with Gasteiger partial charge in [-0.3, -0.25) is 0 Å². The Morgan fingerprint density at radius 2 is 2.14 bits per heavy atom. The summed E-state index contributed by atoms with van der Waals surface area (Å²) in [7, 11) is 0. The number of hydrogen-bond donors (Lipinski definition) is 2. The van der Waals surface area contributed by atoms with Gasteiger partial charge < -0.3 is 10.8 Å². The molecule has 0 aliphatic rings. The molecule has 80 valence electrons. The minimum absolute atomic E-state index is 0. The van der Waals surface area contributed by atoms with Crippen LogP contribution < -0.4 is 5.73 Å². The quantitative estimate of drug-likeness (QED) is 0.895. The molecule has 1 aromatic carbocycles. The Morgan fingerprint density at radius 3 is 2.71 bits per heavy atom. The van der Waals surface area contributed by atoms with Crippen molar-refractivity contribution in [1.29, 1.82) is 0 Å². The number of nitrogens with two attached hydrogens (primary N) is 1. The second-order valence-corrected chi connectivity index (χ2v) is 3.62. The molecular formula is C9H12BrClFNO. The Labute approximate surface area is 96.8 Å². The Kier molecular flexibility index (Phi) is 6.27. The third-order valence-electron chi connectivity index (χ3n) is 1.82. The molecule has 1 aromatic rings. The average Bonchev–Trinajstić information content (AvgIpc) is 2.10. The average molecular weight is 285 g/mol. The smallest absolute Gasteiger partial charge is 0.142 e. The highest BCUT2D eigenvalue weighted by Gasteiger charge is 2.12. The molecule has 5 heteroatoms. The number of hydrogen-bond acceptors (Lipinski definition) is 2. The standard InChI is InChI=1S/C9H11BrFNO.ClH/c10-7-3-1-2-6(9(7)11)8(12)4-5-13;/h1-3,8,13H,4-5,12H2;1H. The third kappa shape index (κ3) is 3.20. The highest BCUT2D eigenvalue weighted by Crippen LogP contribution is 2.23. The van der Waals surface area contributed by atoms with Crippen LogP contribution >= 0.6 is 28.3 Å². The highest BCUT2D eigenvalue weighted by atomic mass is 79.9. The summed E-state index contributed by atoms with van der Waals surface area (Å²) in [4.78, 5) is 0. The molecule has 0 radical (unpaired) electrons. The summed E-state index contributed by atoms with van der Waals surface area (Å²) in [6.45, 7) is -0.0346. The summed E-state index contributed by atoms with van der Waals surface area (Å²) in [5, 5.41) is 8.64. The maximum atomic E-state index is 13.4. The normalized spacial score (nSPS) is 12.0. The van der Waals surface area contributed by atoms with E-state index in [1.807, 2.05) is 0 Å². The van der Waals surface area contributed by atoms with Crippen LogP contribution in [0.1, 0.15) is 18.0 Å². The summed E-state index contributed by atoms with van der Waals surface area (Å²) in [5.74, 6) is -0.344. The summed E-state index contributed by atoms with van der Waals surface area (Å²) in [6, 6.07) is 4.52. The van der Waals surface area contributed by atoms with E-state index >= 15 is 0 Å². The van der Waals surface area contributed by atoms with E-state index in [1.54, 1.807) is 18.2 Å². The van der Waals surface area contributed by atoms with Crippen molar-refractivity contribution in [2.45, 2.75) is 12.5 Å². The topological polar surface area (TPSA) is 46.2 Å². The van der Waals surface area contributed by atoms with Crippen molar-refractivity contribution in [2.24, 2.45) is 5.73 Å².